The fourth-order valence-corrected chi connectivity index (χ4v) is 2.62. The fraction of sp³-hybridized carbons (Fsp3) is 0.923. The van der Waals surface area contributed by atoms with Gasteiger partial charge in [-0.2, -0.15) is 0 Å². The Hall–Kier alpha value is -0.570. The van der Waals surface area contributed by atoms with Gasteiger partial charge in [-0.1, -0.05) is 13.8 Å². The zero-order chi connectivity index (χ0) is 12.5. The lowest BCUT2D eigenvalue weighted by Gasteiger charge is -2.43. The van der Waals surface area contributed by atoms with Crippen LogP contribution in [0.5, 0.6) is 0 Å². The van der Waals surface area contributed by atoms with E-state index in [1.165, 1.54) is 6.42 Å². The van der Waals surface area contributed by atoms with Crippen molar-refractivity contribution in [2.75, 3.05) is 13.1 Å². The van der Waals surface area contributed by atoms with Gasteiger partial charge < -0.3 is 5.11 Å². The molecule has 0 aromatic carbocycles. The van der Waals surface area contributed by atoms with Crippen LogP contribution >= 0.6 is 0 Å². The molecule has 0 bridgehead atoms. The molecule has 3 heteroatoms. The normalized spacial score (nSPS) is 32.7. The van der Waals surface area contributed by atoms with E-state index < -0.39 is 11.4 Å². The molecule has 3 unspecified atom stereocenters. The van der Waals surface area contributed by atoms with E-state index in [0.29, 0.717) is 24.4 Å². The van der Waals surface area contributed by atoms with Crippen LogP contribution in [-0.4, -0.2) is 35.1 Å². The Morgan fingerprint density at radius 1 is 1.38 bits per heavy atom. The Labute approximate surface area is 98.8 Å². The molecule has 0 aromatic heterocycles. The Bertz CT molecular complexity index is 263. The number of rotatable bonds is 3. The van der Waals surface area contributed by atoms with Gasteiger partial charge in [0.1, 0.15) is 0 Å². The van der Waals surface area contributed by atoms with Crippen molar-refractivity contribution in [2.45, 2.75) is 47.1 Å². The fourth-order valence-electron chi connectivity index (χ4n) is 2.62. The average Bonchev–Trinajstić information content (AvgIpc) is 2.12. The second-order valence-electron chi connectivity index (χ2n) is 6.18. The molecule has 1 saturated heterocycles. The first-order valence-electron chi connectivity index (χ1n) is 6.21. The van der Waals surface area contributed by atoms with Gasteiger partial charge in [0, 0.05) is 19.1 Å². The largest absolute Gasteiger partial charge is 0.481 e. The third-order valence-electron chi connectivity index (χ3n) is 3.90. The molecule has 1 heterocycles. The number of carboxylic acids is 1. The summed E-state index contributed by atoms with van der Waals surface area (Å²) in [6.45, 7) is 12.0. The van der Waals surface area contributed by atoms with Crippen molar-refractivity contribution in [3.05, 3.63) is 0 Å². The average molecular weight is 227 g/mol. The molecular weight excluding hydrogens is 202 g/mol. The number of likely N-dealkylation sites (tertiary alicyclic amines) is 1. The SMILES string of the molecule is CC1CC(C)C(C)N(CC(C)(C)C(=O)O)C1. The van der Waals surface area contributed by atoms with E-state index in [9.17, 15) is 4.79 Å². The monoisotopic (exact) mass is 227 g/mol. The molecule has 1 rings (SSSR count). The molecule has 1 fully saturated rings. The van der Waals surface area contributed by atoms with Crippen LogP contribution in [0.1, 0.15) is 41.0 Å². The van der Waals surface area contributed by atoms with Crippen LogP contribution in [0.2, 0.25) is 0 Å². The molecule has 0 radical (unpaired) electrons. The maximum atomic E-state index is 11.1. The number of nitrogens with zero attached hydrogens (tertiary/aromatic N) is 1. The van der Waals surface area contributed by atoms with Crippen LogP contribution in [0, 0.1) is 17.3 Å². The third kappa shape index (κ3) is 2.97. The number of hydrogen-bond acceptors (Lipinski definition) is 2. The molecule has 1 N–H and O–H groups in total. The van der Waals surface area contributed by atoms with Gasteiger partial charge in [-0.3, -0.25) is 9.69 Å². The topological polar surface area (TPSA) is 40.5 Å². The first-order chi connectivity index (χ1) is 7.24. The summed E-state index contributed by atoms with van der Waals surface area (Å²) in [5.41, 5.74) is -0.648. The summed E-state index contributed by atoms with van der Waals surface area (Å²) in [4.78, 5) is 13.5. The van der Waals surface area contributed by atoms with Gasteiger partial charge in [-0.05, 0) is 39.0 Å². The quantitative estimate of drug-likeness (QED) is 0.805. The molecule has 1 aliphatic rings. The summed E-state index contributed by atoms with van der Waals surface area (Å²) in [6, 6.07) is 0.495. The van der Waals surface area contributed by atoms with E-state index in [1.54, 1.807) is 0 Å². The van der Waals surface area contributed by atoms with Crippen LogP contribution in [0.25, 0.3) is 0 Å². The van der Waals surface area contributed by atoms with Crippen molar-refractivity contribution in [3.63, 3.8) is 0 Å². The molecule has 0 aromatic rings. The van der Waals surface area contributed by atoms with Crippen molar-refractivity contribution >= 4 is 5.97 Å². The lowest BCUT2D eigenvalue weighted by atomic mass is 9.83. The van der Waals surface area contributed by atoms with Crippen molar-refractivity contribution in [2.24, 2.45) is 17.3 Å². The Morgan fingerprint density at radius 2 is 1.94 bits per heavy atom. The van der Waals surface area contributed by atoms with Gasteiger partial charge >= 0.3 is 5.97 Å². The highest BCUT2D eigenvalue weighted by atomic mass is 16.4. The highest BCUT2D eigenvalue weighted by Gasteiger charge is 2.35. The lowest BCUT2D eigenvalue weighted by molar-refractivity contribution is -0.148. The second-order valence-corrected chi connectivity index (χ2v) is 6.18. The number of hydrogen-bond donors (Lipinski definition) is 1. The Morgan fingerprint density at radius 3 is 2.44 bits per heavy atom. The zero-order valence-electron chi connectivity index (χ0n) is 11.2. The first kappa shape index (κ1) is 13.5. The lowest BCUT2D eigenvalue weighted by Crippen LogP contribution is -2.50. The van der Waals surface area contributed by atoms with E-state index in [-0.39, 0.29) is 0 Å². The summed E-state index contributed by atoms with van der Waals surface area (Å²) in [5, 5.41) is 9.16. The molecule has 0 aliphatic carbocycles. The Kier molecular flexibility index (Phi) is 4.00. The van der Waals surface area contributed by atoms with Gasteiger partial charge in [0.15, 0.2) is 0 Å². The van der Waals surface area contributed by atoms with E-state index in [0.717, 1.165) is 6.54 Å². The number of carbonyl (C=O) groups is 1. The highest BCUT2D eigenvalue weighted by molar-refractivity contribution is 5.73. The van der Waals surface area contributed by atoms with Gasteiger partial charge in [0.2, 0.25) is 0 Å². The molecule has 3 nitrogen and oxygen atoms in total. The van der Waals surface area contributed by atoms with Crippen molar-refractivity contribution < 1.29 is 9.90 Å². The van der Waals surface area contributed by atoms with Crippen LogP contribution in [0.4, 0.5) is 0 Å². The number of aliphatic carboxylic acids is 1. The minimum absolute atomic E-state index is 0.495. The highest BCUT2D eigenvalue weighted by Crippen LogP contribution is 2.29. The third-order valence-corrected chi connectivity index (χ3v) is 3.90. The molecular formula is C13H25NO2. The number of carboxylic acid groups (broad SMARTS) is 1. The molecule has 94 valence electrons. The molecule has 0 spiro atoms. The van der Waals surface area contributed by atoms with Crippen molar-refractivity contribution in [3.8, 4) is 0 Å². The minimum atomic E-state index is -0.703. The summed E-state index contributed by atoms with van der Waals surface area (Å²) < 4.78 is 0. The van der Waals surface area contributed by atoms with E-state index in [2.05, 4.69) is 25.7 Å². The van der Waals surface area contributed by atoms with Gasteiger partial charge in [-0.15, -0.1) is 0 Å². The van der Waals surface area contributed by atoms with Gasteiger partial charge in [0.05, 0.1) is 5.41 Å². The van der Waals surface area contributed by atoms with Crippen LogP contribution < -0.4 is 0 Å². The van der Waals surface area contributed by atoms with Crippen molar-refractivity contribution in [1.29, 1.82) is 0 Å². The standard InChI is InChI=1S/C13H25NO2/c1-9-6-10(2)11(3)14(7-9)8-13(4,5)12(15)16/h9-11H,6-8H2,1-5H3,(H,15,16). The maximum Gasteiger partial charge on any atom is 0.310 e. The Balaban J connectivity index is 2.68. The van der Waals surface area contributed by atoms with Gasteiger partial charge in [-0.25, -0.2) is 0 Å². The summed E-state index contributed by atoms with van der Waals surface area (Å²) >= 11 is 0. The molecule has 16 heavy (non-hydrogen) atoms. The van der Waals surface area contributed by atoms with Crippen LogP contribution in [-0.2, 0) is 4.79 Å². The summed E-state index contributed by atoms with van der Waals surface area (Å²) in [6.07, 6.45) is 1.26. The second kappa shape index (κ2) is 4.74. The van der Waals surface area contributed by atoms with E-state index in [4.69, 9.17) is 5.11 Å². The summed E-state index contributed by atoms with van der Waals surface area (Å²) in [5.74, 6) is 0.634. The molecule has 1 aliphatic heterocycles. The van der Waals surface area contributed by atoms with Gasteiger partial charge in [0.25, 0.3) is 0 Å². The van der Waals surface area contributed by atoms with E-state index >= 15 is 0 Å². The van der Waals surface area contributed by atoms with Crippen LogP contribution in [0.15, 0.2) is 0 Å². The summed E-state index contributed by atoms with van der Waals surface area (Å²) in [7, 11) is 0. The predicted octanol–water partition coefficient (Wildman–Crippen LogP) is 2.46. The number of piperidine rings is 1. The maximum absolute atomic E-state index is 11.1. The van der Waals surface area contributed by atoms with Crippen LogP contribution in [0.3, 0.4) is 0 Å². The predicted molar refractivity (Wildman–Crippen MR) is 65.4 cm³/mol. The smallest absolute Gasteiger partial charge is 0.310 e. The molecule has 0 amide bonds. The molecule has 3 atom stereocenters. The minimum Gasteiger partial charge on any atom is -0.481 e. The van der Waals surface area contributed by atoms with E-state index in [1.807, 2.05) is 13.8 Å². The zero-order valence-corrected chi connectivity index (χ0v) is 11.2. The molecule has 0 saturated carbocycles. The first-order valence-corrected chi connectivity index (χ1v) is 6.21. The van der Waals surface area contributed by atoms with Crippen molar-refractivity contribution in [1.82, 2.24) is 4.90 Å².